The largest absolute Gasteiger partial charge is 0.486 e. The van der Waals surface area contributed by atoms with E-state index in [4.69, 9.17) is 16.3 Å². The lowest BCUT2D eigenvalue weighted by Crippen LogP contribution is -2.21. The minimum atomic E-state index is 0.493. The summed E-state index contributed by atoms with van der Waals surface area (Å²) in [4.78, 5) is 6.76. The van der Waals surface area contributed by atoms with Gasteiger partial charge in [-0.25, -0.2) is 4.98 Å². The molecule has 1 aromatic carbocycles. The Labute approximate surface area is 141 Å². The highest BCUT2D eigenvalue weighted by Gasteiger charge is 2.03. The highest BCUT2D eigenvalue weighted by atomic mass is 35.5. The standard InChI is InChI=1S/C16H22ClN3OS/c1-20(2)9-3-8-18-10-14-12-22-16(19-14)11-21-15-6-4-13(17)5-7-15/h4-7,12,18H,3,8-11H2,1-2H3. The number of rotatable bonds is 9. The van der Waals surface area contributed by atoms with Gasteiger partial charge in [-0.1, -0.05) is 11.6 Å². The van der Waals surface area contributed by atoms with E-state index in [9.17, 15) is 0 Å². The fourth-order valence-electron chi connectivity index (χ4n) is 1.91. The third-order valence-corrected chi connectivity index (χ3v) is 4.16. The second-order valence-electron chi connectivity index (χ2n) is 5.31. The quantitative estimate of drug-likeness (QED) is 0.710. The van der Waals surface area contributed by atoms with Crippen LogP contribution in [0.1, 0.15) is 17.1 Å². The summed E-state index contributed by atoms with van der Waals surface area (Å²) in [7, 11) is 4.18. The Morgan fingerprint density at radius 2 is 2.05 bits per heavy atom. The number of hydrogen-bond acceptors (Lipinski definition) is 5. The van der Waals surface area contributed by atoms with Gasteiger partial charge in [-0.3, -0.25) is 0 Å². The van der Waals surface area contributed by atoms with Crippen LogP contribution < -0.4 is 10.1 Å². The molecule has 1 heterocycles. The van der Waals surface area contributed by atoms with Crippen LogP contribution in [-0.2, 0) is 13.2 Å². The van der Waals surface area contributed by atoms with Crippen LogP contribution in [0.15, 0.2) is 29.6 Å². The van der Waals surface area contributed by atoms with Gasteiger partial charge in [0.15, 0.2) is 0 Å². The maximum absolute atomic E-state index is 5.84. The number of nitrogens with zero attached hydrogens (tertiary/aromatic N) is 2. The highest BCUT2D eigenvalue weighted by Crippen LogP contribution is 2.18. The van der Waals surface area contributed by atoms with Crippen molar-refractivity contribution in [2.45, 2.75) is 19.6 Å². The van der Waals surface area contributed by atoms with Gasteiger partial charge >= 0.3 is 0 Å². The molecule has 1 aromatic heterocycles. The first kappa shape index (κ1) is 17.2. The van der Waals surface area contributed by atoms with Crippen molar-refractivity contribution in [1.82, 2.24) is 15.2 Å². The molecule has 6 heteroatoms. The van der Waals surface area contributed by atoms with E-state index in [1.807, 2.05) is 24.3 Å². The number of ether oxygens (including phenoxy) is 1. The molecular formula is C16H22ClN3OS. The number of benzene rings is 1. The third-order valence-electron chi connectivity index (χ3n) is 3.04. The third kappa shape index (κ3) is 6.32. The molecule has 1 N–H and O–H groups in total. The minimum absolute atomic E-state index is 0.493. The molecule has 0 atom stereocenters. The van der Waals surface area contributed by atoms with Crippen LogP contribution in [0.4, 0.5) is 0 Å². The van der Waals surface area contributed by atoms with Crippen molar-refractivity contribution < 1.29 is 4.74 Å². The molecular weight excluding hydrogens is 318 g/mol. The van der Waals surface area contributed by atoms with E-state index in [-0.39, 0.29) is 0 Å². The van der Waals surface area contributed by atoms with E-state index in [1.165, 1.54) is 0 Å². The van der Waals surface area contributed by atoms with Gasteiger partial charge < -0.3 is 15.0 Å². The van der Waals surface area contributed by atoms with E-state index in [0.29, 0.717) is 11.6 Å². The average molecular weight is 340 g/mol. The van der Waals surface area contributed by atoms with Crippen molar-refractivity contribution in [2.75, 3.05) is 27.2 Å². The zero-order valence-corrected chi connectivity index (χ0v) is 14.6. The number of hydrogen-bond donors (Lipinski definition) is 1. The van der Waals surface area contributed by atoms with Crippen LogP contribution >= 0.6 is 22.9 Å². The molecule has 0 saturated carbocycles. The van der Waals surface area contributed by atoms with Crippen LogP contribution in [0.3, 0.4) is 0 Å². The molecule has 0 radical (unpaired) electrons. The van der Waals surface area contributed by atoms with Crippen LogP contribution in [-0.4, -0.2) is 37.1 Å². The van der Waals surface area contributed by atoms with Crippen LogP contribution in [0.5, 0.6) is 5.75 Å². The SMILES string of the molecule is CN(C)CCCNCc1csc(COc2ccc(Cl)cc2)n1. The average Bonchev–Trinajstić information content (AvgIpc) is 2.94. The van der Waals surface area contributed by atoms with E-state index < -0.39 is 0 Å². The Hall–Kier alpha value is -1.14. The molecule has 22 heavy (non-hydrogen) atoms. The van der Waals surface area contributed by atoms with Gasteiger partial charge in [-0.15, -0.1) is 11.3 Å². The second-order valence-corrected chi connectivity index (χ2v) is 6.69. The summed E-state index contributed by atoms with van der Waals surface area (Å²) in [6.07, 6.45) is 1.14. The summed E-state index contributed by atoms with van der Waals surface area (Å²) in [6, 6.07) is 7.37. The minimum Gasteiger partial charge on any atom is -0.486 e. The summed E-state index contributed by atoms with van der Waals surface area (Å²) in [6.45, 7) is 3.41. The van der Waals surface area contributed by atoms with Gasteiger partial charge in [0.25, 0.3) is 0 Å². The fraction of sp³-hybridized carbons (Fsp3) is 0.438. The van der Waals surface area contributed by atoms with Crippen LogP contribution in [0, 0.1) is 0 Å². The van der Waals surface area contributed by atoms with E-state index in [1.54, 1.807) is 11.3 Å². The number of aromatic nitrogens is 1. The van der Waals surface area contributed by atoms with Gasteiger partial charge in [0.2, 0.25) is 0 Å². The van der Waals surface area contributed by atoms with Gasteiger partial charge in [0.05, 0.1) is 5.69 Å². The first-order chi connectivity index (χ1) is 10.6. The Kier molecular flexibility index (Phi) is 7.12. The molecule has 0 aliphatic rings. The van der Waals surface area contributed by atoms with Gasteiger partial charge in [0.1, 0.15) is 17.4 Å². The molecule has 2 rings (SSSR count). The first-order valence-electron chi connectivity index (χ1n) is 7.30. The number of thiazole rings is 1. The molecule has 2 aromatic rings. The van der Waals surface area contributed by atoms with Crippen molar-refractivity contribution in [1.29, 1.82) is 0 Å². The summed E-state index contributed by atoms with van der Waals surface area (Å²) in [5.74, 6) is 0.808. The molecule has 0 bridgehead atoms. The zero-order valence-electron chi connectivity index (χ0n) is 13.0. The summed E-state index contributed by atoms with van der Waals surface area (Å²) >= 11 is 7.48. The summed E-state index contributed by atoms with van der Waals surface area (Å²) in [5.41, 5.74) is 1.07. The van der Waals surface area contributed by atoms with Crippen LogP contribution in [0.2, 0.25) is 5.02 Å². The molecule has 0 spiro atoms. The Bertz CT molecular complexity index is 557. The number of nitrogens with one attached hydrogen (secondary N) is 1. The Morgan fingerprint density at radius 1 is 1.27 bits per heavy atom. The van der Waals surface area contributed by atoms with Gasteiger partial charge in [0, 0.05) is 16.9 Å². The van der Waals surface area contributed by atoms with Gasteiger partial charge in [-0.2, -0.15) is 0 Å². The van der Waals surface area contributed by atoms with Crippen molar-refractivity contribution >= 4 is 22.9 Å². The maximum Gasteiger partial charge on any atom is 0.140 e. The Balaban J connectivity index is 1.68. The lowest BCUT2D eigenvalue weighted by atomic mass is 10.3. The predicted molar refractivity (Wildman–Crippen MR) is 92.8 cm³/mol. The van der Waals surface area contributed by atoms with Crippen molar-refractivity contribution in [3.63, 3.8) is 0 Å². The molecule has 0 aliphatic heterocycles. The molecule has 4 nitrogen and oxygen atoms in total. The van der Waals surface area contributed by atoms with Crippen LogP contribution in [0.25, 0.3) is 0 Å². The lowest BCUT2D eigenvalue weighted by Gasteiger charge is -2.09. The smallest absolute Gasteiger partial charge is 0.140 e. The van der Waals surface area contributed by atoms with Crippen molar-refractivity contribution in [3.8, 4) is 5.75 Å². The first-order valence-corrected chi connectivity index (χ1v) is 8.56. The lowest BCUT2D eigenvalue weighted by molar-refractivity contribution is 0.305. The summed E-state index contributed by atoms with van der Waals surface area (Å²) < 4.78 is 5.69. The van der Waals surface area contributed by atoms with Crippen molar-refractivity contribution in [3.05, 3.63) is 45.4 Å². The van der Waals surface area contributed by atoms with E-state index in [2.05, 4.69) is 34.7 Å². The predicted octanol–water partition coefficient (Wildman–Crippen LogP) is 3.42. The fourth-order valence-corrected chi connectivity index (χ4v) is 2.74. The second kappa shape index (κ2) is 9.10. The molecule has 120 valence electrons. The summed E-state index contributed by atoms with van der Waals surface area (Å²) in [5, 5.41) is 7.19. The molecule has 0 aliphatic carbocycles. The topological polar surface area (TPSA) is 37.4 Å². The molecule has 0 unspecified atom stereocenters. The monoisotopic (exact) mass is 339 g/mol. The molecule has 0 saturated heterocycles. The van der Waals surface area contributed by atoms with Crippen molar-refractivity contribution in [2.24, 2.45) is 0 Å². The highest BCUT2D eigenvalue weighted by molar-refractivity contribution is 7.09. The van der Waals surface area contributed by atoms with E-state index >= 15 is 0 Å². The maximum atomic E-state index is 5.84. The van der Waals surface area contributed by atoms with Gasteiger partial charge in [-0.05, 0) is 57.9 Å². The Morgan fingerprint density at radius 3 is 2.77 bits per heavy atom. The molecule has 0 amide bonds. The number of halogens is 1. The normalized spacial score (nSPS) is 11.1. The molecule has 0 fully saturated rings. The zero-order chi connectivity index (χ0) is 15.8. The van der Waals surface area contributed by atoms with E-state index in [0.717, 1.165) is 42.5 Å².